The molecule has 0 rings (SSSR count). The van der Waals surface area contributed by atoms with Crippen LogP contribution < -0.4 is 0 Å². The van der Waals surface area contributed by atoms with Gasteiger partial charge in [0.05, 0.1) is 0 Å². The number of hydrogen-bond donors (Lipinski definition) is 2. The van der Waals surface area contributed by atoms with Crippen molar-refractivity contribution in [2.24, 2.45) is 0 Å². The van der Waals surface area contributed by atoms with Gasteiger partial charge in [-0.3, -0.25) is 9.59 Å². The van der Waals surface area contributed by atoms with E-state index in [1.54, 1.807) is 0 Å². The summed E-state index contributed by atoms with van der Waals surface area (Å²) in [5.41, 5.74) is 0. The highest BCUT2D eigenvalue weighted by Crippen LogP contribution is 1.84. The summed E-state index contributed by atoms with van der Waals surface area (Å²) >= 11 is 8.98. The molecule has 0 saturated carbocycles. The first-order chi connectivity index (χ1) is 5.29. The van der Waals surface area contributed by atoms with Gasteiger partial charge in [-0.2, -0.15) is 0 Å². The van der Waals surface area contributed by atoms with E-state index >= 15 is 0 Å². The molecule has 8 heteroatoms. The molecule has 0 aromatic heterocycles. The molecule has 0 aromatic carbocycles. The van der Waals surface area contributed by atoms with Gasteiger partial charge in [-0.05, 0) is 23.2 Å². The molecular formula is C4H2Cl2O6. The van der Waals surface area contributed by atoms with Crippen LogP contribution in [0.4, 0.5) is 0 Å². The topological polar surface area (TPSA) is 109 Å². The lowest BCUT2D eigenvalue weighted by Crippen LogP contribution is -2.09. The fraction of sp³-hybridized carbons (Fsp3) is 0. The summed E-state index contributed by atoms with van der Waals surface area (Å²) in [5.74, 6) is -3.65. The minimum atomic E-state index is -1.82. The summed E-state index contributed by atoms with van der Waals surface area (Å²) in [7, 11) is 0. The van der Waals surface area contributed by atoms with Crippen molar-refractivity contribution in [3.8, 4) is 0 Å². The molecule has 0 atom stereocenters. The number of hydrogen-bond acceptors (Lipinski definition) is 4. The van der Waals surface area contributed by atoms with Crippen LogP contribution in [0, 0.1) is 0 Å². The Hall–Kier alpha value is -1.14. The third-order valence-corrected chi connectivity index (χ3v) is 0.778. The fourth-order valence-electron chi connectivity index (χ4n) is 0. The van der Waals surface area contributed by atoms with E-state index in [2.05, 4.69) is 23.2 Å². The summed E-state index contributed by atoms with van der Waals surface area (Å²) in [6.07, 6.45) is 0. The van der Waals surface area contributed by atoms with Gasteiger partial charge in [0.2, 0.25) is 0 Å². The van der Waals surface area contributed by atoms with E-state index in [1.165, 1.54) is 0 Å². The van der Waals surface area contributed by atoms with Gasteiger partial charge in [-0.25, -0.2) is 9.59 Å². The monoisotopic (exact) mass is 216 g/mol. The number of rotatable bonds is 1. The van der Waals surface area contributed by atoms with Crippen LogP contribution in [0.15, 0.2) is 0 Å². The van der Waals surface area contributed by atoms with Gasteiger partial charge in [0.25, 0.3) is 0 Å². The van der Waals surface area contributed by atoms with Crippen LogP contribution in [-0.4, -0.2) is 32.6 Å². The van der Waals surface area contributed by atoms with Crippen molar-refractivity contribution in [1.29, 1.82) is 0 Å². The number of carboxylic acids is 2. The molecule has 68 valence electrons. The van der Waals surface area contributed by atoms with Crippen LogP contribution in [0.5, 0.6) is 0 Å². The van der Waals surface area contributed by atoms with E-state index < -0.39 is 22.4 Å². The Morgan fingerprint density at radius 2 is 0.917 bits per heavy atom. The predicted molar refractivity (Wildman–Crippen MR) is 37.0 cm³/mol. The molecule has 0 radical (unpaired) electrons. The Morgan fingerprint density at radius 3 is 0.917 bits per heavy atom. The smallest absolute Gasteiger partial charge is 0.414 e. The molecule has 0 aliphatic carbocycles. The first-order valence-electron chi connectivity index (χ1n) is 2.14. The molecule has 0 aliphatic heterocycles. The first kappa shape index (κ1) is 13.4. The Balaban J connectivity index is 0. The van der Waals surface area contributed by atoms with Gasteiger partial charge < -0.3 is 10.2 Å². The standard InChI is InChI=1S/C2Cl2O2.C2H2O4/c3-1(5)2(4)6;3-1(4)2(5)6/h;(H,3,4)(H,5,6). The van der Waals surface area contributed by atoms with Crippen molar-refractivity contribution in [3.05, 3.63) is 0 Å². The summed E-state index contributed by atoms with van der Waals surface area (Å²) in [5, 5.41) is 12.5. The van der Waals surface area contributed by atoms with Crippen LogP contribution >= 0.6 is 23.2 Å². The van der Waals surface area contributed by atoms with Crippen molar-refractivity contribution in [3.63, 3.8) is 0 Å². The minimum absolute atomic E-state index is 1.14. The van der Waals surface area contributed by atoms with Crippen LogP contribution in [0.1, 0.15) is 0 Å². The van der Waals surface area contributed by atoms with Crippen molar-refractivity contribution >= 4 is 45.6 Å². The molecule has 0 amide bonds. The molecule has 0 aliphatic rings. The maximum atomic E-state index is 9.43. The van der Waals surface area contributed by atoms with Gasteiger partial charge in [0, 0.05) is 0 Å². The van der Waals surface area contributed by atoms with E-state index in [0.717, 1.165) is 0 Å². The van der Waals surface area contributed by atoms with Crippen molar-refractivity contribution < 1.29 is 29.4 Å². The fourth-order valence-corrected chi connectivity index (χ4v) is 0. The van der Waals surface area contributed by atoms with E-state index in [9.17, 15) is 9.59 Å². The van der Waals surface area contributed by atoms with Gasteiger partial charge in [0.1, 0.15) is 0 Å². The summed E-state index contributed by atoms with van der Waals surface area (Å²) < 4.78 is 0. The molecule has 0 spiro atoms. The molecule has 0 aromatic rings. The lowest BCUT2D eigenvalue weighted by atomic mass is 10.7. The summed E-state index contributed by atoms with van der Waals surface area (Å²) in [4.78, 5) is 37.1. The third kappa shape index (κ3) is 11.6. The zero-order valence-corrected chi connectivity index (χ0v) is 6.80. The second kappa shape index (κ2) is 6.56. The zero-order valence-electron chi connectivity index (χ0n) is 5.28. The normalized spacial score (nSPS) is 7.50. The van der Waals surface area contributed by atoms with Gasteiger partial charge in [0.15, 0.2) is 0 Å². The Bertz CT molecular complexity index is 174. The number of halogens is 2. The second-order valence-corrected chi connectivity index (χ2v) is 1.84. The van der Waals surface area contributed by atoms with Crippen molar-refractivity contribution in [2.75, 3.05) is 0 Å². The van der Waals surface area contributed by atoms with E-state index in [-0.39, 0.29) is 0 Å². The average Bonchev–Trinajstić information content (AvgIpc) is 1.88. The Morgan fingerprint density at radius 1 is 0.750 bits per heavy atom. The van der Waals surface area contributed by atoms with Gasteiger partial charge in [-0.1, -0.05) is 0 Å². The minimum Gasteiger partial charge on any atom is -0.473 e. The van der Waals surface area contributed by atoms with E-state index in [0.29, 0.717) is 0 Å². The first-order valence-corrected chi connectivity index (χ1v) is 2.90. The zero-order chi connectivity index (χ0) is 10.3. The maximum Gasteiger partial charge on any atom is 0.414 e. The van der Waals surface area contributed by atoms with Crippen LogP contribution in [0.2, 0.25) is 0 Å². The summed E-state index contributed by atoms with van der Waals surface area (Å²) in [6, 6.07) is 0. The number of carbonyl (C=O) groups is 4. The average molecular weight is 217 g/mol. The van der Waals surface area contributed by atoms with Crippen LogP contribution in [-0.2, 0) is 19.2 Å². The lowest BCUT2D eigenvalue weighted by molar-refractivity contribution is -0.159. The quantitative estimate of drug-likeness (QED) is 0.459. The van der Waals surface area contributed by atoms with E-state index in [4.69, 9.17) is 19.8 Å². The van der Waals surface area contributed by atoms with Gasteiger partial charge >= 0.3 is 22.4 Å². The highest BCUT2D eigenvalue weighted by molar-refractivity contribution is 6.97. The number of aliphatic carboxylic acids is 2. The largest absolute Gasteiger partial charge is 0.473 e. The molecule has 0 unspecified atom stereocenters. The van der Waals surface area contributed by atoms with Crippen LogP contribution in [0.25, 0.3) is 0 Å². The Labute approximate surface area is 75.7 Å². The predicted octanol–water partition coefficient (Wildman–Crippen LogP) is -0.327. The summed E-state index contributed by atoms with van der Waals surface area (Å²) in [6.45, 7) is 0. The van der Waals surface area contributed by atoms with Gasteiger partial charge in [-0.15, -0.1) is 0 Å². The molecule has 6 nitrogen and oxygen atoms in total. The SMILES string of the molecule is O=C(Cl)C(=O)Cl.O=C(O)C(=O)O. The molecule has 0 heterocycles. The molecule has 0 fully saturated rings. The Kier molecular flexibility index (Phi) is 7.36. The van der Waals surface area contributed by atoms with Crippen molar-refractivity contribution in [1.82, 2.24) is 0 Å². The molecule has 0 saturated heterocycles. The lowest BCUT2D eigenvalue weighted by Gasteiger charge is -1.72. The van der Waals surface area contributed by atoms with Crippen LogP contribution in [0.3, 0.4) is 0 Å². The molecule has 12 heavy (non-hydrogen) atoms. The maximum absolute atomic E-state index is 9.43. The molecular weight excluding hydrogens is 215 g/mol. The number of carbonyl (C=O) groups excluding carboxylic acids is 2. The molecule has 0 bridgehead atoms. The molecule has 2 N–H and O–H groups in total. The third-order valence-electron chi connectivity index (χ3n) is 0.337. The number of carboxylic acid groups (broad SMARTS) is 2. The van der Waals surface area contributed by atoms with E-state index in [1.807, 2.05) is 0 Å². The van der Waals surface area contributed by atoms with Crippen molar-refractivity contribution in [2.45, 2.75) is 0 Å². The second-order valence-electron chi connectivity index (χ2n) is 1.16. The highest BCUT2D eigenvalue weighted by Gasteiger charge is 2.04. The highest BCUT2D eigenvalue weighted by atomic mass is 35.5.